The number of amides is 1. The average Bonchev–Trinajstić information content (AvgIpc) is 2.44. The summed E-state index contributed by atoms with van der Waals surface area (Å²) in [5, 5.41) is 2.74. The van der Waals surface area contributed by atoms with Crippen LogP contribution in [-0.4, -0.2) is 38.4 Å². The molecule has 2 aliphatic rings. The van der Waals surface area contributed by atoms with E-state index in [2.05, 4.69) is 5.32 Å². The third-order valence-electron chi connectivity index (χ3n) is 4.52. The van der Waals surface area contributed by atoms with E-state index in [1.54, 1.807) is 12.1 Å². The maximum Gasteiger partial charge on any atom is 0.250 e. The van der Waals surface area contributed by atoms with Crippen molar-refractivity contribution in [1.29, 1.82) is 0 Å². The summed E-state index contributed by atoms with van der Waals surface area (Å²) < 4.78 is 0.229. The Morgan fingerprint density at radius 3 is 2.70 bits per heavy atom. The van der Waals surface area contributed by atoms with Crippen molar-refractivity contribution >= 4 is 40.7 Å². The first kappa shape index (κ1) is 17.1. The number of fused-ring (bicyclic) bond motifs is 4. The van der Waals surface area contributed by atoms with Crippen LogP contribution in [0.3, 0.4) is 0 Å². The summed E-state index contributed by atoms with van der Waals surface area (Å²) in [7, 11) is 0. The third-order valence-corrected chi connectivity index (χ3v) is 5.14. The monoisotopic (exact) mass is 377 g/mol. The molecule has 2 aliphatic heterocycles. The Hall–Kier alpha value is -0.750. The summed E-state index contributed by atoms with van der Waals surface area (Å²) in [5.41, 5.74) is 1.05. The van der Waals surface area contributed by atoms with E-state index >= 15 is 0 Å². The molecular weight excluding hydrogens is 361 g/mol. The van der Waals surface area contributed by atoms with E-state index in [0.29, 0.717) is 25.6 Å². The fourth-order valence-electron chi connectivity index (χ4n) is 3.72. The molecule has 1 amide bonds. The van der Waals surface area contributed by atoms with Crippen LogP contribution in [0.25, 0.3) is 0 Å². The van der Waals surface area contributed by atoms with Crippen molar-refractivity contribution in [1.82, 2.24) is 14.8 Å². The number of alkyl halides is 3. The number of hydrogen-bond donors (Lipinski definition) is 1. The Balaban J connectivity index is 1.89. The van der Waals surface area contributed by atoms with Crippen LogP contribution in [0.15, 0.2) is 23.0 Å². The standard InChI is InChI=1S/C15H18Cl3N3O2/c1-9(22)19-14(15(16,17)18)20-6-10-5-11(8-20)12-3-2-4-13(23)21(12)7-10/h2-4,10-11,14H,5-8H2,1H3,(H,19,22). The van der Waals surface area contributed by atoms with Crippen LogP contribution in [0.2, 0.25) is 0 Å². The van der Waals surface area contributed by atoms with Gasteiger partial charge in [0.2, 0.25) is 9.70 Å². The van der Waals surface area contributed by atoms with Crippen LogP contribution in [0.1, 0.15) is 25.0 Å². The van der Waals surface area contributed by atoms with Gasteiger partial charge in [-0.05, 0) is 18.4 Å². The molecule has 3 rings (SSSR count). The van der Waals surface area contributed by atoms with Gasteiger partial charge in [-0.2, -0.15) is 0 Å². The normalized spacial score (nSPS) is 25.6. The van der Waals surface area contributed by atoms with E-state index in [-0.39, 0.29) is 17.4 Å². The predicted octanol–water partition coefficient (Wildman–Crippen LogP) is 2.10. The van der Waals surface area contributed by atoms with E-state index in [4.69, 9.17) is 34.8 Å². The quantitative estimate of drug-likeness (QED) is 0.802. The minimum atomic E-state index is -1.62. The second kappa shape index (κ2) is 6.28. The van der Waals surface area contributed by atoms with E-state index in [0.717, 1.165) is 12.1 Å². The molecule has 1 fully saturated rings. The van der Waals surface area contributed by atoms with Gasteiger partial charge in [0.15, 0.2) is 0 Å². The van der Waals surface area contributed by atoms with Crippen molar-refractivity contribution in [2.45, 2.75) is 35.8 Å². The molecule has 1 aromatic heterocycles. The number of pyridine rings is 1. The molecule has 1 saturated heterocycles. The van der Waals surface area contributed by atoms with E-state index < -0.39 is 9.96 Å². The van der Waals surface area contributed by atoms with Crippen LogP contribution in [0.4, 0.5) is 0 Å². The van der Waals surface area contributed by atoms with Crippen molar-refractivity contribution in [3.63, 3.8) is 0 Å². The number of hydrogen-bond acceptors (Lipinski definition) is 3. The Morgan fingerprint density at radius 2 is 2.04 bits per heavy atom. The number of nitrogens with zero attached hydrogens (tertiary/aromatic N) is 2. The second-order valence-electron chi connectivity index (χ2n) is 6.30. The molecule has 3 unspecified atom stereocenters. The zero-order chi connectivity index (χ0) is 16.8. The largest absolute Gasteiger partial charge is 0.337 e. The molecule has 1 aromatic rings. The molecule has 8 heteroatoms. The lowest BCUT2D eigenvalue weighted by Gasteiger charge is -2.47. The zero-order valence-electron chi connectivity index (χ0n) is 12.6. The first-order chi connectivity index (χ1) is 10.8. The number of rotatable bonds is 2. The number of halogens is 3. The maximum absolute atomic E-state index is 12.0. The minimum Gasteiger partial charge on any atom is -0.337 e. The fraction of sp³-hybridized carbons (Fsp3) is 0.600. The van der Waals surface area contributed by atoms with Crippen LogP contribution in [0.5, 0.6) is 0 Å². The lowest BCUT2D eigenvalue weighted by Crippen LogP contribution is -2.60. The van der Waals surface area contributed by atoms with Gasteiger partial charge in [-0.1, -0.05) is 40.9 Å². The van der Waals surface area contributed by atoms with Gasteiger partial charge in [-0.3, -0.25) is 14.5 Å². The van der Waals surface area contributed by atoms with Gasteiger partial charge in [0.25, 0.3) is 5.56 Å². The lowest BCUT2D eigenvalue weighted by atomic mass is 9.83. The second-order valence-corrected chi connectivity index (χ2v) is 8.67. The summed E-state index contributed by atoms with van der Waals surface area (Å²) in [4.78, 5) is 25.5. The topological polar surface area (TPSA) is 54.3 Å². The summed E-state index contributed by atoms with van der Waals surface area (Å²) >= 11 is 18.2. The summed E-state index contributed by atoms with van der Waals surface area (Å²) in [6.07, 6.45) is 0.323. The number of piperidine rings is 1. The van der Waals surface area contributed by atoms with Crippen molar-refractivity contribution < 1.29 is 4.79 Å². The van der Waals surface area contributed by atoms with Gasteiger partial charge < -0.3 is 9.88 Å². The molecule has 2 bridgehead atoms. The molecule has 1 N–H and O–H groups in total. The highest BCUT2D eigenvalue weighted by Crippen LogP contribution is 2.39. The Bertz CT molecular complexity index is 671. The smallest absolute Gasteiger partial charge is 0.250 e. The van der Waals surface area contributed by atoms with Crippen LogP contribution < -0.4 is 10.9 Å². The number of carbonyl (C=O) groups excluding carboxylic acids is 1. The molecule has 5 nitrogen and oxygen atoms in total. The van der Waals surface area contributed by atoms with E-state index in [9.17, 15) is 9.59 Å². The highest BCUT2D eigenvalue weighted by atomic mass is 35.6. The number of aromatic nitrogens is 1. The Kier molecular flexibility index (Phi) is 4.67. The summed E-state index contributed by atoms with van der Waals surface area (Å²) in [6, 6.07) is 5.35. The summed E-state index contributed by atoms with van der Waals surface area (Å²) in [6.45, 7) is 3.38. The van der Waals surface area contributed by atoms with Gasteiger partial charge in [-0.15, -0.1) is 0 Å². The molecule has 3 heterocycles. The van der Waals surface area contributed by atoms with Gasteiger partial charge in [0, 0.05) is 44.2 Å². The summed E-state index contributed by atoms with van der Waals surface area (Å²) in [5.74, 6) is 0.249. The number of nitrogens with one attached hydrogen (secondary N) is 1. The van der Waals surface area contributed by atoms with Crippen molar-refractivity contribution in [3.8, 4) is 0 Å². The van der Waals surface area contributed by atoms with Crippen LogP contribution in [-0.2, 0) is 11.3 Å². The fourth-order valence-corrected chi connectivity index (χ4v) is 4.29. The Morgan fingerprint density at radius 1 is 1.30 bits per heavy atom. The van der Waals surface area contributed by atoms with Gasteiger partial charge in [-0.25, -0.2) is 0 Å². The third kappa shape index (κ3) is 3.53. The van der Waals surface area contributed by atoms with Crippen molar-refractivity contribution in [2.24, 2.45) is 5.92 Å². The Labute approximate surface area is 149 Å². The molecule has 0 radical (unpaired) electrons. The highest BCUT2D eigenvalue weighted by Gasteiger charge is 2.43. The van der Waals surface area contributed by atoms with Gasteiger partial charge >= 0.3 is 0 Å². The predicted molar refractivity (Wildman–Crippen MR) is 91.0 cm³/mol. The van der Waals surface area contributed by atoms with Crippen LogP contribution >= 0.6 is 34.8 Å². The molecule has 3 atom stereocenters. The molecule has 0 saturated carbocycles. The number of likely N-dealkylation sites (tertiary alicyclic amines) is 1. The van der Waals surface area contributed by atoms with Crippen LogP contribution in [0, 0.1) is 5.92 Å². The van der Waals surface area contributed by atoms with Crippen molar-refractivity contribution in [3.05, 3.63) is 34.2 Å². The SMILES string of the molecule is CC(=O)NC(N1CC2CC(C1)c1cccc(=O)n1C2)C(Cl)(Cl)Cl. The highest BCUT2D eigenvalue weighted by molar-refractivity contribution is 6.68. The molecule has 23 heavy (non-hydrogen) atoms. The lowest BCUT2D eigenvalue weighted by molar-refractivity contribution is -0.121. The minimum absolute atomic E-state index is 0.0328. The first-order valence-corrected chi connectivity index (χ1v) is 8.66. The molecule has 126 valence electrons. The molecule has 0 spiro atoms. The molecule has 0 aliphatic carbocycles. The van der Waals surface area contributed by atoms with E-state index in [1.165, 1.54) is 6.92 Å². The average molecular weight is 379 g/mol. The molecular formula is C15H18Cl3N3O2. The number of carbonyl (C=O) groups is 1. The van der Waals surface area contributed by atoms with Gasteiger partial charge in [0.1, 0.15) is 6.17 Å². The first-order valence-electron chi connectivity index (χ1n) is 7.53. The van der Waals surface area contributed by atoms with Crippen molar-refractivity contribution in [2.75, 3.05) is 13.1 Å². The van der Waals surface area contributed by atoms with Gasteiger partial charge in [0.05, 0.1) is 0 Å². The molecule has 0 aromatic carbocycles. The maximum atomic E-state index is 12.0. The zero-order valence-corrected chi connectivity index (χ0v) is 14.9. The van der Waals surface area contributed by atoms with E-state index in [1.807, 2.05) is 15.5 Å².